The van der Waals surface area contributed by atoms with Gasteiger partial charge in [-0.3, -0.25) is 14.5 Å². The number of carbonyl (C=O) groups excluding carboxylic acids is 2. The van der Waals surface area contributed by atoms with E-state index >= 15 is 0 Å². The molecule has 6 heteroatoms. The summed E-state index contributed by atoms with van der Waals surface area (Å²) in [5, 5.41) is 5.54. The zero-order valence-electron chi connectivity index (χ0n) is 18.1. The van der Waals surface area contributed by atoms with Gasteiger partial charge in [0.25, 0.3) is 0 Å². The highest BCUT2D eigenvalue weighted by Gasteiger charge is 2.25. The van der Waals surface area contributed by atoms with Crippen LogP contribution in [0.15, 0.2) is 48.5 Å². The predicted molar refractivity (Wildman–Crippen MR) is 120 cm³/mol. The molecule has 0 saturated carbocycles. The summed E-state index contributed by atoms with van der Waals surface area (Å²) in [4.78, 5) is 29.0. The lowest BCUT2D eigenvalue weighted by Crippen LogP contribution is -2.43. The fourth-order valence-corrected chi connectivity index (χ4v) is 3.74. The van der Waals surface area contributed by atoms with Crippen LogP contribution in [0.5, 0.6) is 0 Å². The molecule has 1 saturated heterocycles. The Kier molecular flexibility index (Phi) is 7.46. The Morgan fingerprint density at radius 1 is 0.933 bits per heavy atom. The van der Waals surface area contributed by atoms with Crippen LogP contribution in [-0.4, -0.2) is 50.4 Å². The molecule has 6 nitrogen and oxygen atoms in total. The molecular weight excluding hydrogens is 376 g/mol. The molecule has 2 amide bonds. The van der Waals surface area contributed by atoms with Gasteiger partial charge in [0, 0.05) is 32.9 Å². The highest BCUT2D eigenvalue weighted by Crippen LogP contribution is 2.26. The van der Waals surface area contributed by atoms with Crippen LogP contribution in [0.4, 0.5) is 5.69 Å². The second-order valence-electron chi connectivity index (χ2n) is 8.12. The van der Waals surface area contributed by atoms with Crippen molar-refractivity contribution in [2.45, 2.75) is 32.4 Å². The average molecular weight is 409 g/mol. The van der Waals surface area contributed by atoms with E-state index in [1.807, 2.05) is 45.3 Å². The van der Waals surface area contributed by atoms with Gasteiger partial charge >= 0.3 is 11.8 Å². The lowest BCUT2D eigenvalue weighted by molar-refractivity contribution is -0.139. The van der Waals surface area contributed by atoms with Crippen molar-refractivity contribution in [1.82, 2.24) is 15.5 Å². The summed E-state index contributed by atoms with van der Waals surface area (Å²) in [6, 6.07) is 16.4. The maximum Gasteiger partial charge on any atom is 0.309 e. The van der Waals surface area contributed by atoms with Crippen LogP contribution >= 0.6 is 0 Å². The van der Waals surface area contributed by atoms with E-state index in [2.05, 4.69) is 44.7 Å². The minimum Gasteiger partial charge on any atom is -0.378 e. The zero-order chi connectivity index (χ0) is 21.5. The lowest BCUT2D eigenvalue weighted by atomic mass is 10.0. The first-order valence-corrected chi connectivity index (χ1v) is 10.6. The molecule has 3 rings (SSSR count). The van der Waals surface area contributed by atoms with Crippen molar-refractivity contribution in [2.24, 2.45) is 0 Å². The highest BCUT2D eigenvalue weighted by molar-refractivity contribution is 6.35. The van der Waals surface area contributed by atoms with Gasteiger partial charge in [-0.25, -0.2) is 0 Å². The normalized spacial score (nSPS) is 14.9. The summed E-state index contributed by atoms with van der Waals surface area (Å²) in [7, 11) is 4.03. The molecule has 0 aromatic heterocycles. The number of likely N-dealkylation sites (tertiary alicyclic amines) is 1. The number of aryl methyl sites for hydroxylation is 1. The van der Waals surface area contributed by atoms with Crippen LogP contribution in [0.3, 0.4) is 0 Å². The smallest absolute Gasteiger partial charge is 0.309 e. The number of anilines is 1. The molecule has 0 radical (unpaired) electrons. The molecule has 1 aliphatic heterocycles. The van der Waals surface area contributed by atoms with Gasteiger partial charge in [0.15, 0.2) is 0 Å². The topological polar surface area (TPSA) is 64.7 Å². The molecular formula is C24H32N4O2. The monoisotopic (exact) mass is 408 g/mol. The third kappa shape index (κ3) is 5.83. The maximum absolute atomic E-state index is 12.4. The molecule has 2 aromatic carbocycles. The summed E-state index contributed by atoms with van der Waals surface area (Å²) < 4.78 is 0. The molecule has 2 N–H and O–H groups in total. The van der Waals surface area contributed by atoms with Crippen LogP contribution in [0.2, 0.25) is 0 Å². The van der Waals surface area contributed by atoms with Crippen LogP contribution in [0, 0.1) is 6.92 Å². The number of hydrogen-bond donors (Lipinski definition) is 2. The Labute approximate surface area is 179 Å². The molecule has 160 valence electrons. The van der Waals surface area contributed by atoms with Crippen molar-refractivity contribution in [2.75, 3.05) is 38.6 Å². The van der Waals surface area contributed by atoms with E-state index in [1.54, 1.807) is 0 Å². The van der Waals surface area contributed by atoms with Crippen molar-refractivity contribution in [3.05, 3.63) is 65.2 Å². The summed E-state index contributed by atoms with van der Waals surface area (Å²) in [5.74, 6) is -1.19. The second kappa shape index (κ2) is 10.3. The lowest BCUT2D eigenvalue weighted by Gasteiger charge is -2.28. The number of nitrogens with one attached hydrogen (secondary N) is 2. The van der Waals surface area contributed by atoms with E-state index in [0.29, 0.717) is 13.1 Å². The zero-order valence-corrected chi connectivity index (χ0v) is 18.1. The summed E-state index contributed by atoms with van der Waals surface area (Å²) in [5.41, 5.74) is 4.42. The van der Waals surface area contributed by atoms with Gasteiger partial charge in [-0.2, -0.15) is 0 Å². The molecule has 1 fully saturated rings. The van der Waals surface area contributed by atoms with Gasteiger partial charge in [-0.15, -0.1) is 0 Å². The first-order chi connectivity index (χ1) is 14.4. The molecule has 2 aromatic rings. The van der Waals surface area contributed by atoms with Crippen molar-refractivity contribution in [3.8, 4) is 0 Å². The van der Waals surface area contributed by atoms with Crippen molar-refractivity contribution in [1.29, 1.82) is 0 Å². The Balaban J connectivity index is 1.58. The van der Waals surface area contributed by atoms with Gasteiger partial charge in [0.2, 0.25) is 0 Å². The SMILES string of the molecule is Cc1ccc(CNC(=O)C(=O)NCC(c2ccc(N(C)C)cc2)N2CCCC2)cc1. The highest BCUT2D eigenvalue weighted by atomic mass is 16.2. The number of benzene rings is 2. The molecule has 0 aliphatic carbocycles. The van der Waals surface area contributed by atoms with Crippen molar-refractivity contribution in [3.63, 3.8) is 0 Å². The number of amides is 2. The van der Waals surface area contributed by atoms with E-state index in [0.717, 1.165) is 48.3 Å². The predicted octanol–water partition coefficient (Wildman–Crippen LogP) is 2.63. The number of hydrogen-bond acceptors (Lipinski definition) is 4. The summed E-state index contributed by atoms with van der Waals surface area (Å²) in [6.45, 7) is 4.79. The molecule has 1 atom stereocenters. The Bertz CT molecular complexity index is 841. The first-order valence-electron chi connectivity index (χ1n) is 10.6. The first kappa shape index (κ1) is 21.8. The van der Waals surface area contributed by atoms with Crippen LogP contribution in [0.1, 0.15) is 35.6 Å². The summed E-state index contributed by atoms with van der Waals surface area (Å²) in [6.07, 6.45) is 2.33. The fraction of sp³-hybridized carbons (Fsp3) is 0.417. The standard InChI is InChI=1S/C24H32N4O2/c1-18-6-8-19(9-7-18)16-25-23(29)24(30)26-17-22(28-14-4-5-15-28)20-10-12-21(13-11-20)27(2)3/h6-13,22H,4-5,14-17H2,1-3H3,(H,25,29)(H,26,30). The molecule has 1 heterocycles. The maximum atomic E-state index is 12.4. The van der Waals surface area contributed by atoms with Crippen LogP contribution < -0.4 is 15.5 Å². The van der Waals surface area contributed by atoms with Gasteiger partial charge < -0.3 is 15.5 Å². The number of nitrogens with zero attached hydrogens (tertiary/aromatic N) is 2. The third-order valence-corrected chi connectivity index (χ3v) is 5.61. The van der Waals surface area contributed by atoms with Gasteiger partial charge in [0.1, 0.15) is 0 Å². The van der Waals surface area contributed by atoms with E-state index in [1.165, 1.54) is 0 Å². The Hall–Kier alpha value is -2.86. The van der Waals surface area contributed by atoms with Crippen LogP contribution in [0.25, 0.3) is 0 Å². The Morgan fingerprint density at radius 3 is 2.13 bits per heavy atom. The van der Waals surface area contributed by atoms with E-state index < -0.39 is 11.8 Å². The van der Waals surface area contributed by atoms with E-state index in [-0.39, 0.29) is 6.04 Å². The molecule has 0 spiro atoms. The van der Waals surface area contributed by atoms with E-state index in [4.69, 9.17) is 0 Å². The molecule has 0 bridgehead atoms. The second-order valence-corrected chi connectivity index (χ2v) is 8.12. The fourth-order valence-electron chi connectivity index (χ4n) is 3.74. The number of carbonyl (C=O) groups is 2. The molecule has 1 aliphatic rings. The minimum absolute atomic E-state index is 0.0672. The van der Waals surface area contributed by atoms with Gasteiger partial charge in [0.05, 0.1) is 6.04 Å². The summed E-state index contributed by atoms with van der Waals surface area (Å²) >= 11 is 0. The third-order valence-electron chi connectivity index (χ3n) is 5.61. The van der Waals surface area contributed by atoms with Gasteiger partial charge in [-0.05, 0) is 56.1 Å². The van der Waals surface area contributed by atoms with Crippen molar-refractivity contribution >= 4 is 17.5 Å². The molecule has 1 unspecified atom stereocenters. The van der Waals surface area contributed by atoms with Crippen LogP contribution in [-0.2, 0) is 16.1 Å². The minimum atomic E-state index is -0.598. The molecule has 30 heavy (non-hydrogen) atoms. The average Bonchev–Trinajstić information content (AvgIpc) is 3.28. The quantitative estimate of drug-likeness (QED) is 0.692. The number of rotatable bonds is 7. The largest absolute Gasteiger partial charge is 0.378 e. The van der Waals surface area contributed by atoms with E-state index in [9.17, 15) is 9.59 Å². The Morgan fingerprint density at radius 2 is 1.53 bits per heavy atom. The van der Waals surface area contributed by atoms with Crippen molar-refractivity contribution < 1.29 is 9.59 Å². The van der Waals surface area contributed by atoms with Gasteiger partial charge in [-0.1, -0.05) is 42.0 Å².